The molecular weight excluding hydrogens is 184 g/mol. The van der Waals surface area contributed by atoms with E-state index < -0.39 is 0 Å². The lowest BCUT2D eigenvalue weighted by Crippen LogP contribution is -2.45. The molecule has 1 aliphatic rings. The van der Waals surface area contributed by atoms with Crippen LogP contribution in [0.5, 0.6) is 0 Å². The number of hydrogen-bond donors (Lipinski definition) is 1. The molecule has 15 heavy (non-hydrogen) atoms. The SMILES string of the molecule is C=C(C)C(CN1CCCCC1)NC(C)C. The summed E-state index contributed by atoms with van der Waals surface area (Å²) in [5.74, 6) is 0. The Hall–Kier alpha value is -0.340. The molecular formula is C13H26N2. The fraction of sp³-hybridized carbons (Fsp3) is 0.846. The van der Waals surface area contributed by atoms with Crippen LogP contribution in [0.3, 0.4) is 0 Å². The quantitative estimate of drug-likeness (QED) is 0.701. The molecule has 0 aromatic carbocycles. The second kappa shape index (κ2) is 6.29. The molecule has 88 valence electrons. The standard InChI is InChI=1S/C13H26N2/c1-11(2)13(14-12(3)4)10-15-8-6-5-7-9-15/h12-14H,1,5-10H2,2-4H3. The van der Waals surface area contributed by atoms with Crippen molar-refractivity contribution in [2.45, 2.75) is 52.1 Å². The summed E-state index contributed by atoms with van der Waals surface area (Å²) in [7, 11) is 0. The van der Waals surface area contributed by atoms with Crippen LogP contribution < -0.4 is 5.32 Å². The van der Waals surface area contributed by atoms with E-state index in [9.17, 15) is 0 Å². The fourth-order valence-corrected chi connectivity index (χ4v) is 2.15. The van der Waals surface area contributed by atoms with Gasteiger partial charge in [-0.3, -0.25) is 0 Å². The highest BCUT2D eigenvalue weighted by molar-refractivity contribution is 5.03. The molecule has 2 heteroatoms. The van der Waals surface area contributed by atoms with Gasteiger partial charge in [-0.25, -0.2) is 0 Å². The Morgan fingerprint density at radius 2 is 1.87 bits per heavy atom. The van der Waals surface area contributed by atoms with Crippen molar-refractivity contribution in [2.24, 2.45) is 0 Å². The largest absolute Gasteiger partial charge is 0.307 e. The molecule has 1 heterocycles. The van der Waals surface area contributed by atoms with Gasteiger partial charge in [-0.05, 0) is 32.9 Å². The van der Waals surface area contributed by atoms with Gasteiger partial charge in [0.25, 0.3) is 0 Å². The maximum Gasteiger partial charge on any atom is 0.0405 e. The van der Waals surface area contributed by atoms with Gasteiger partial charge in [0.05, 0.1) is 0 Å². The number of piperidine rings is 1. The van der Waals surface area contributed by atoms with E-state index in [1.807, 2.05) is 0 Å². The van der Waals surface area contributed by atoms with E-state index in [-0.39, 0.29) is 0 Å². The van der Waals surface area contributed by atoms with Crippen LogP contribution in [-0.2, 0) is 0 Å². The summed E-state index contributed by atoms with van der Waals surface area (Å²) in [6.07, 6.45) is 4.14. The highest BCUT2D eigenvalue weighted by Gasteiger charge is 2.17. The molecule has 2 nitrogen and oxygen atoms in total. The first kappa shape index (κ1) is 12.7. The lowest BCUT2D eigenvalue weighted by Gasteiger charge is -2.32. The van der Waals surface area contributed by atoms with Gasteiger partial charge < -0.3 is 10.2 Å². The molecule has 0 aromatic heterocycles. The van der Waals surface area contributed by atoms with Crippen LogP contribution in [0.4, 0.5) is 0 Å². The summed E-state index contributed by atoms with van der Waals surface area (Å²) in [5, 5.41) is 3.59. The average molecular weight is 210 g/mol. The zero-order chi connectivity index (χ0) is 11.3. The number of nitrogens with one attached hydrogen (secondary N) is 1. The van der Waals surface area contributed by atoms with Crippen LogP contribution in [0.15, 0.2) is 12.2 Å². The minimum atomic E-state index is 0.461. The van der Waals surface area contributed by atoms with Crippen LogP contribution >= 0.6 is 0 Å². The predicted octanol–water partition coefficient (Wildman–Crippen LogP) is 2.42. The Balaban J connectivity index is 2.38. The van der Waals surface area contributed by atoms with E-state index in [0.29, 0.717) is 12.1 Å². The normalized spacial score (nSPS) is 20.5. The summed E-state index contributed by atoms with van der Waals surface area (Å²) < 4.78 is 0. The third-order valence-electron chi connectivity index (χ3n) is 3.02. The summed E-state index contributed by atoms with van der Waals surface area (Å²) in [5.41, 5.74) is 1.26. The predicted molar refractivity (Wildman–Crippen MR) is 67.2 cm³/mol. The van der Waals surface area contributed by atoms with E-state index in [4.69, 9.17) is 0 Å². The van der Waals surface area contributed by atoms with Crippen LogP contribution in [0.25, 0.3) is 0 Å². The van der Waals surface area contributed by atoms with Crippen LogP contribution in [0.2, 0.25) is 0 Å². The minimum absolute atomic E-state index is 0.461. The van der Waals surface area contributed by atoms with E-state index in [1.165, 1.54) is 37.9 Å². The van der Waals surface area contributed by atoms with Gasteiger partial charge in [-0.2, -0.15) is 0 Å². The first-order chi connectivity index (χ1) is 7.09. The molecule has 0 aromatic rings. The smallest absolute Gasteiger partial charge is 0.0405 e. The topological polar surface area (TPSA) is 15.3 Å². The Labute approximate surface area is 94.7 Å². The lowest BCUT2D eigenvalue weighted by molar-refractivity contribution is 0.210. The highest BCUT2D eigenvalue weighted by Crippen LogP contribution is 2.11. The average Bonchev–Trinajstić information content (AvgIpc) is 2.17. The maximum atomic E-state index is 4.08. The molecule has 0 bridgehead atoms. The van der Waals surface area contributed by atoms with Crippen molar-refractivity contribution < 1.29 is 0 Å². The van der Waals surface area contributed by atoms with Gasteiger partial charge in [-0.1, -0.05) is 32.4 Å². The number of rotatable bonds is 5. The molecule has 0 radical (unpaired) electrons. The van der Waals surface area contributed by atoms with Crippen molar-refractivity contribution in [1.29, 1.82) is 0 Å². The minimum Gasteiger partial charge on any atom is -0.307 e. The van der Waals surface area contributed by atoms with E-state index in [2.05, 4.69) is 37.6 Å². The molecule has 1 atom stereocenters. The van der Waals surface area contributed by atoms with E-state index >= 15 is 0 Å². The van der Waals surface area contributed by atoms with Gasteiger partial charge in [0, 0.05) is 18.6 Å². The number of hydrogen-bond acceptors (Lipinski definition) is 2. The summed E-state index contributed by atoms with van der Waals surface area (Å²) in [6, 6.07) is 1.000. The zero-order valence-corrected chi connectivity index (χ0v) is 10.6. The van der Waals surface area contributed by atoms with Crippen molar-refractivity contribution >= 4 is 0 Å². The first-order valence-electron chi connectivity index (χ1n) is 6.23. The maximum absolute atomic E-state index is 4.08. The molecule has 0 aliphatic carbocycles. The Kier molecular flexibility index (Phi) is 5.34. The molecule has 1 N–H and O–H groups in total. The van der Waals surface area contributed by atoms with Gasteiger partial charge in [0.1, 0.15) is 0 Å². The van der Waals surface area contributed by atoms with Crippen LogP contribution in [0.1, 0.15) is 40.0 Å². The number of nitrogens with zero attached hydrogens (tertiary/aromatic N) is 1. The zero-order valence-electron chi connectivity index (χ0n) is 10.6. The van der Waals surface area contributed by atoms with E-state index in [1.54, 1.807) is 0 Å². The molecule has 1 saturated heterocycles. The molecule has 1 fully saturated rings. The van der Waals surface area contributed by atoms with Gasteiger partial charge >= 0.3 is 0 Å². The Morgan fingerprint density at radius 1 is 1.27 bits per heavy atom. The summed E-state index contributed by atoms with van der Waals surface area (Å²) >= 11 is 0. The summed E-state index contributed by atoms with van der Waals surface area (Å²) in [6.45, 7) is 14.3. The van der Waals surface area contributed by atoms with Crippen LogP contribution in [-0.4, -0.2) is 36.6 Å². The Bertz CT molecular complexity index is 193. The lowest BCUT2D eigenvalue weighted by atomic mass is 10.1. The van der Waals surface area contributed by atoms with Crippen molar-refractivity contribution in [3.63, 3.8) is 0 Å². The molecule has 0 saturated carbocycles. The van der Waals surface area contributed by atoms with Crippen molar-refractivity contribution in [3.8, 4) is 0 Å². The third kappa shape index (κ3) is 4.80. The molecule has 0 spiro atoms. The number of likely N-dealkylation sites (tertiary alicyclic amines) is 1. The monoisotopic (exact) mass is 210 g/mol. The van der Waals surface area contributed by atoms with Crippen molar-refractivity contribution in [2.75, 3.05) is 19.6 Å². The molecule has 1 rings (SSSR count). The van der Waals surface area contributed by atoms with Crippen molar-refractivity contribution in [1.82, 2.24) is 10.2 Å². The first-order valence-corrected chi connectivity index (χ1v) is 6.23. The second-order valence-corrected chi connectivity index (χ2v) is 5.08. The highest BCUT2D eigenvalue weighted by atomic mass is 15.2. The van der Waals surface area contributed by atoms with Gasteiger partial charge in [-0.15, -0.1) is 0 Å². The Morgan fingerprint density at radius 3 is 2.33 bits per heavy atom. The van der Waals surface area contributed by atoms with Gasteiger partial charge in [0.2, 0.25) is 0 Å². The molecule has 1 unspecified atom stereocenters. The van der Waals surface area contributed by atoms with Gasteiger partial charge in [0.15, 0.2) is 0 Å². The summed E-state index contributed by atoms with van der Waals surface area (Å²) in [4.78, 5) is 2.57. The molecule has 1 aliphatic heterocycles. The van der Waals surface area contributed by atoms with Crippen LogP contribution in [0, 0.1) is 0 Å². The third-order valence-corrected chi connectivity index (χ3v) is 3.02. The van der Waals surface area contributed by atoms with Crippen molar-refractivity contribution in [3.05, 3.63) is 12.2 Å². The fourth-order valence-electron chi connectivity index (χ4n) is 2.15. The molecule has 0 amide bonds. The van der Waals surface area contributed by atoms with E-state index in [0.717, 1.165) is 6.54 Å². The second-order valence-electron chi connectivity index (χ2n) is 5.08.